The Labute approximate surface area is 879 Å². The van der Waals surface area contributed by atoms with Gasteiger partial charge in [-0.15, -0.1) is 0 Å². The number of nitrogens with zero attached hydrogens (tertiary/aromatic N) is 13. The second-order valence-corrected chi connectivity index (χ2v) is 54.6. The number of ether oxygens (including phenoxy) is 5. The van der Waals surface area contributed by atoms with Crippen LogP contribution in [0.4, 0.5) is 0 Å². The van der Waals surface area contributed by atoms with Crippen molar-refractivity contribution >= 4 is 53.5 Å². The number of nitriles is 4. The van der Waals surface area contributed by atoms with Crippen LogP contribution in [0.2, 0.25) is 25.7 Å². The molecule has 0 aromatic carbocycles. The largest absolute Gasteiger partial charge is 0.370 e. The van der Waals surface area contributed by atoms with Gasteiger partial charge in [-0.3, -0.25) is 39.1 Å². The predicted molar refractivity (Wildman–Crippen MR) is 567 cm³/mol. The molecule has 8 aromatic heterocycles. The highest BCUT2D eigenvalue weighted by Crippen LogP contribution is 2.51. The van der Waals surface area contributed by atoms with Crippen LogP contribution in [0.1, 0.15) is 473 Å². The molecule has 8 aliphatic rings. The minimum atomic E-state index is -2.17. The highest BCUT2D eigenvalue weighted by atomic mass is 28.3. The Bertz CT molecular complexity index is 6970. The first-order chi connectivity index (χ1) is 73.4. The molecule has 4 unspecified atom stereocenters. The van der Waals surface area contributed by atoms with Crippen LogP contribution in [0.25, 0.3) is 22.3 Å². The number of rotatable bonds is 25. The number of hydrogen-bond donors (Lipinski definition) is 3. The van der Waals surface area contributed by atoms with Crippen molar-refractivity contribution in [2.45, 2.75) is 421 Å². The Morgan fingerprint density at radius 1 is 0.403 bits per heavy atom. The third-order valence-electron chi connectivity index (χ3n) is 26.7. The van der Waals surface area contributed by atoms with Crippen molar-refractivity contribution in [3.8, 4) is 24.3 Å². The van der Waals surface area contributed by atoms with E-state index in [4.69, 9.17) is 81.3 Å². The highest BCUT2D eigenvalue weighted by Gasteiger charge is 2.46. The zero-order valence-corrected chi connectivity index (χ0v) is 90.5. The van der Waals surface area contributed by atoms with Gasteiger partial charge in [0.15, 0.2) is 29.0 Å². The van der Waals surface area contributed by atoms with Gasteiger partial charge in [0, 0.05) is 109 Å². The lowest BCUT2D eigenvalue weighted by molar-refractivity contribution is -0.162. The number of imidazole rings is 4. The molecule has 0 amide bonds. The number of aromatic nitrogens is 12. The lowest BCUT2D eigenvalue weighted by Gasteiger charge is -2.45. The van der Waals surface area contributed by atoms with Gasteiger partial charge in [0.25, 0.3) is 0 Å². The van der Waals surface area contributed by atoms with Gasteiger partial charge in [0.1, 0.15) is 48.1 Å². The Morgan fingerprint density at radius 3 is 0.958 bits per heavy atom. The predicted octanol–water partition coefficient (Wildman–Crippen LogP) is 26.4. The topological polar surface area (TPSA) is 365 Å². The number of carbonyl (C=O) groups excluding carboxylic acids is 4. The average molecular weight is 1990 g/mol. The fourth-order valence-electron chi connectivity index (χ4n) is 20.8. The van der Waals surface area contributed by atoms with E-state index in [1.807, 2.05) is 152 Å². The maximum atomic E-state index is 13.9. The quantitative estimate of drug-likeness (QED) is 0.0272. The molecule has 4 atom stereocenters. The first kappa shape index (κ1) is 89.5. The highest BCUT2D eigenvalue weighted by molar-refractivity contribution is 6.76. The minimum absolute atomic E-state index is 0.0140. The third kappa shape index (κ3) is 30.0. The van der Waals surface area contributed by atoms with Crippen LogP contribution in [0, 0.1) is 67.0 Å². The third-order valence-corrected chi connectivity index (χ3v) is 28.4. The SMILES string of the molecule is [2H]C1=C(c2nc(C3CC(C)(C)OC(C)(C)C3)ccc2CC(=O)c2nc(C#N)cn2COCC[Si](C)(C)C)C([2H])([2H])C([2H])C(C)(C)C1.[2H]C1=C(c2nc(C3CC(C)(C)OC(C)(C)C3)ccc2CC(=O)c2ncc(C#N)[nH]2)C([2H])([2H])C([2H])C(C)(C)C1.[2H]C1=C(c2nc(C3CC(C)(C)OC(C)(C)C3)ccc2CC(=O)c2ncc(C#N)[nH]2)C([2H])([2H])CC(C)(C)C1[2H].[2H]C1=C(c2nc(C3CC(C)(C)OC(C)(C)C3)ccc2CC(=O)c2ncc(C#N)[nH]2)C([2H])([2H])CC(C)(C)C1[2H]. The summed E-state index contributed by atoms with van der Waals surface area (Å²) in [5, 5.41) is 36.8. The molecule has 0 saturated carbocycles. The van der Waals surface area contributed by atoms with Crippen LogP contribution < -0.4 is 0 Å². The van der Waals surface area contributed by atoms with Gasteiger partial charge in [-0.2, -0.15) is 21.0 Å². The number of hydrogen-bond acceptors (Lipinski definition) is 21. The summed E-state index contributed by atoms with van der Waals surface area (Å²) in [5.41, 5.74) is 0.818. The van der Waals surface area contributed by atoms with Crippen LogP contribution in [0.5, 0.6) is 0 Å². The van der Waals surface area contributed by atoms with Crippen molar-refractivity contribution in [3.05, 3.63) is 211 Å². The van der Waals surface area contributed by atoms with Crippen molar-refractivity contribution in [2.75, 3.05) is 6.61 Å². The molecule has 12 heterocycles. The van der Waals surface area contributed by atoms with Gasteiger partial charge in [0.2, 0.25) is 23.1 Å². The van der Waals surface area contributed by atoms with Crippen LogP contribution in [0.15, 0.2) is 97.5 Å². The first-order valence-corrected chi connectivity index (χ1v) is 54.0. The number of pyridine rings is 4. The van der Waals surface area contributed by atoms with Crippen LogP contribution in [-0.2, 0) is 56.1 Å². The maximum absolute atomic E-state index is 13.9. The number of nitrogens with one attached hydrogen (secondary N) is 3. The Kier molecular flexibility index (Phi) is 26.9. The van der Waals surface area contributed by atoms with Gasteiger partial charge in [-0.05, 0) is 335 Å². The number of carbonyl (C=O) groups is 4. The molecule has 3 N–H and O–H groups in total. The second-order valence-electron chi connectivity index (χ2n) is 49.0. The second kappa shape index (κ2) is 43.2. The molecule has 8 aromatic rings. The molecule has 0 spiro atoms. The fraction of sp³-hybridized carbons (Fsp3) is 0.593. The first-order valence-electron chi connectivity index (χ1n) is 58.6. The van der Waals surface area contributed by atoms with E-state index in [1.54, 1.807) is 64.3 Å². The van der Waals surface area contributed by atoms with E-state index < -0.39 is 92.0 Å². The molecule has 26 heteroatoms. The number of H-pyrrole nitrogens is 3. The van der Waals surface area contributed by atoms with Crippen LogP contribution in [0.3, 0.4) is 0 Å². The number of allylic oxidation sites excluding steroid dienone is 8. The average Bonchev–Trinajstić information content (AvgIpc) is 0.818. The molecule has 4 fully saturated rings. The monoisotopic (exact) mass is 1990 g/mol. The molecule has 25 nitrogen and oxygen atoms in total. The van der Waals surface area contributed by atoms with Crippen molar-refractivity contribution in [2.24, 2.45) is 21.7 Å². The number of aromatic amines is 3. The Morgan fingerprint density at radius 2 is 0.688 bits per heavy atom. The van der Waals surface area contributed by atoms with Gasteiger partial charge in [-0.25, -0.2) is 19.9 Å². The Hall–Kier alpha value is -10.9. The zero-order valence-electron chi connectivity index (χ0n) is 105. The van der Waals surface area contributed by atoms with E-state index in [1.165, 1.54) is 24.8 Å². The van der Waals surface area contributed by atoms with Gasteiger partial charge in [-0.1, -0.05) is 124 Å². The van der Waals surface area contributed by atoms with E-state index in [0.717, 1.165) is 67.3 Å². The summed E-state index contributed by atoms with van der Waals surface area (Å²) in [6.07, 6.45) is -1.11. The molecule has 768 valence electrons. The summed E-state index contributed by atoms with van der Waals surface area (Å²) in [5.74, 6) is -1.17. The summed E-state index contributed by atoms with van der Waals surface area (Å²) in [7, 11) is -1.32. The molecular weight excluding hydrogens is 1810 g/mol. The van der Waals surface area contributed by atoms with Crippen molar-refractivity contribution in [3.63, 3.8) is 0 Å². The number of ketones is 4. The standard InChI is InChI=1S/C34H50N4O3Si.3C28H36N4O2/c1-32(2)14-12-24(13-15-32)30-25(10-11-28(37-30)26-19-33(3,4)41-34(5,6)20-26)18-29(39)31-36-27(21-35)22-38(31)23-40-16-17-42(7,8)9;3*1-26(2)11-9-18(10-12-26)24-19(13-23(33)25-30-17-21(16-29)31-25)7-8-22(32-24)20-14-27(3,4)34-28(5,6)15-20/h10-12,22,26H,13-20,23H2,1-9H3;3*7-9,17,20H,10-15H2,1-6H3,(H,30,31)/i12D,13D2,15D;9D,10D2,12D;2*9D,10D2,11D. The number of Topliss-reactive ketones (excluding diaryl/α,β-unsaturated/α-hetero) is 4. The van der Waals surface area contributed by atoms with Crippen molar-refractivity contribution < 1.29 is 64.8 Å². The van der Waals surface area contributed by atoms with Crippen LogP contribution in [-0.4, -0.2) is 142 Å². The van der Waals surface area contributed by atoms with Gasteiger partial charge >= 0.3 is 0 Å². The van der Waals surface area contributed by atoms with Gasteiger partial charge in [0.05, 0.1) is 91.7 Å². The summed E-state index contributed by atoms with van der Waals surface area (Å²) in [6.45, 7) is 54.6. The normalized spacial score (nSPS) is 26.4. The molecule has 4 aliphatic carbocycles. The molecular formula is C118H158N16O9Si. The van der Waals surface area contributed by atoms with Crippen molar-refractivity contribution in [1.82, 2.24) is 59.4 Å². The molecule has 0 radical (unpaired) electrons. The molecule has 4 aliphatic heterocycles. The Balaban J connectivity index is 0.000000177. The van der Waals surface area contributed by atoms with E-state index >= 15 is 0 Å². The fourth-order valence-corrected chi connectivity index (χ4v) is 21.6. The van der Waals surface area contributed by atoms with E-state index in [-0.39, 0.29) is 254 Å². The lowest BCUT2D eigenvalue weighted by Crippen LogP contribution is -2.44. The van der Waals surface area contributed by atoms with E-state index in [0.29, 0.717) is 41.7 Å². The molecule has 0 bridgehead atoms. The van der Waals surface area contributed by atoms with Crippen molar-refractivity contribution in [1.29, 1.82) is 21.0 Å². The minimum Gasteiger partial charge on any atom is -0.370 e. The van der Waals surface area contributed by atoms with Crippen LogP contribution >= 0.6 is 0 Å². The summed E-state index contributed by atoms with van der Waals surface area (Å²) >= 11 is 0. The maximum Gasteiger partial charge on any atom is 0.202 e. The molecule has 4 saturated heterocycles. The van der Waals surface area contributed by atoms with E-state index in [2.05, 4.69) is 82.2 Å². The summed E-state index contributed by atoms with van der Waals surface area (Å²) < 4.78 is 175. The molecule has 144 heavy (non-hydrogen) atoms. The lowest BCUT2D eigenvalue weighted by atomic mass is 9.76. The smallest absolute Gasteiger partial charge is 0.202 e. The summed E-state index contributed by atoms with van der Waals surface area (Å²) in [6, 6.07) is 23.4. The molecule has 16 rings (SSSR count). The summed E-state index contributed by atoms with van der Waals surface area (Å²) in [4.78, 5) is 97.5. The zero-order chi connectivity index (χ0) is 119. The van der Waals surface area contributed by atoms with E-state index in [9.17, 15) is 24.4 Å². The van der Waals surface area contributed by atoms with Gasteiger partial charge < -0.3 is 43.2 Å².